The maximum atomic E-state index is 13.4. The van der Waals surface area contributed by atoms with E-state index in [0.29, 0.717) is 6.42 Å². The zero-order valence-corrected chi connectivity index (χ0v) is 16.7. The van der Waals surface area contributed by atoms with E-state index in [1.807, 2.05) is 6.92 Å². The fourth-order valence-corrected chi connectivity index (χ4v) is 6.28. The van der Waals surface area contributed by atoms with E-state index in [-0.39, 0.29) is 0 Å². The van der Waals surface area contributed by atoms with Crippen molar-refractivity contribution in [2.75, 3.05) is 13.2 Å². The van der Waals surface area contributed by atoms with E-state index in [0.717, 1.165) is 31.2 Å². The molecule has 0 saturated carbocycles. The third-order valence-corrected chi connectivity index (χ3v) is 8.52. The Hall–Kier alpha value is 0.00377. The van der Waals surface area contributed by atoms with Crippen molar-refractivity contribution in [1.82, 2.24) is 0 Å². The van der Waals surface area contributed by atoms with Crippen LogP contribution in [0.3, 0.4) is 0 Å². The number of hydrogen-bond acceptors (Lipinski definition) is 2. The molecule has 0 N–H and O–H groups in total. The van der Waals surface area contributed by atoms with E-state index < -0.39 is 49.6 Å². The first-order valence-electron chi connectivity index (χ1n) is 8.14. The highest BCUT2D eigenvalue weighted by Gasteiger charge is 2.34. The fourth-order valence-electron chi connectivity index (χ4n) is 2.24. The first kappa shape index (κ1) is 23.0. The molecular formula is C14H29F5O2Si2. The van der Waals surface area contributed by atoms with Crippen LogP contribution in [0.4, 0.5) is 22.0 Å². The van der Waals surface area contributed by atoms with Crippen molar-refractivity contribution in [2.45, 2.75) is 76.1 Å². The lowest BCUT2D eigenvalue weighted by Crippen LogP contribution is -2.28. The zero-order valence-electron chi connectivity index (χ0n) is 14.3. The molecule has 0 bridgehead atoms. The zero-order chi connectivity index (χ0) is 18.0. The summed E-state index contributed by atoms with van der Waals surface area (Å²) in [7, 11) is -1.96. The van der Waals surface area contributed by atoms with Gasteiger partial charge in [-0.3, -0.25) is 0 Å². The first-order valence-corrected chi connectivity index (χ1v) is 13.1. The Morgan fingerprint density at radius 3 is 2.13 bits per heavy atom. The molecule has 0 heterocycles. The van der Waals surface area contributed by atoms with Crippen LogP contribution in [-0.2, 0) is 9.16 Å². The van der Waals surface area contributed by atoms with E-state index >= 15 is 0 Å². The third-order valence-electron chi connectivity index (χ3n) is 3.62. The van der Waals surface area contributed by atoms with Gasteiger partial charge in [-0.05, 0) is 19.4 Å². The van der Waals surface area contributed by atoms with E-state index in [9.17, 15) is 22.0 Å². The third kappa shape index (κ3) is 15.3. The second-order valence-electron chi connectivity index (χ2n) is 6.52. The Balaban J connectivity index is 3.87. The minimum atomic E-state index is -4.46. The van der Waals surface area contributed by atoms with Gasteiger partial charge in [0.1, 0.15) is 0 Å². The average molecular weight is 381 g/mol. The molecule has 0 spiro atoms. The molecule has 0 unspecified atom stereocenters. The molecule has 2 nitrogen and oxygen atoms in total. The lowest BCUT2D eigenvalue weighted by Gasteiger charge is -2.24. The van der Waals surface area contributed by atoms with Gasteiger partial charge in [-0.2, -0.15) is 22.0 Å². The lowest BCUT2D eigenvalue weighted by atomic mass is 10.3. The molecule has 0 atom stereocenters. The molecule has 0 aliphatic heterocycles. The Bertz CT molecular complexity index is 312. The molecule has 0 aromatic carbocycles. The predicted octanol–water partition coefficient (Wildman–Crippen LogP) is 4.97. The topological polar surface area (TPSA) is 18.5 Å². The summed E-state index contributed by atoms with van der Waals surface area (Å²) >= 11 is 0. The number of halogens is 5. The van der Waals surface area contributed by atoms with Gasteiger partial charge in [0.25, 0.3) is 0 Å². The SMILES string of the molecule is CCO[SiH2]CCC[Si](C)(C)CCCC(F)(F)OCCC(F)(F)F. The Morgan fingerprint density at radius 2 is 1.57 bits per heavy atom. The summed E-state index contributed by atoms with van der Waals surface area (Å²) in [6.07, 6.45) is -8.39. The van der Waals surface area contributed by atoms with Gasteiger partial charge < -0.3 is 9.16 Å². The van der Waals surface area contributed by atoms with Crippen molar-refractivity contribution in [3.8, 4) is 0 Å². The average Bonchev–Trinajstić information content (AvgIpc) is 2.35. The van der Waals surface area contributed by atoms with Gasteiger partial charge in [-0.25, -0.2) is 0 Å². The van der Waals surface area contributed by atoms with Crippen molar-refractivity contribution < 1.29 is 31.1 Å². The van der Waals surface area contributed by atoms with Gasteiger partial charge in [0.2, 0.25) is 0 Å². The van der Waals surface area contributed by atoms with Crippen LogP contribution in [0.2, 0.25) is 31.2 Å². The molecule has 23 heavy (non-hydrogen) atoms. The summed E-state index contributed by atoms with van der Waals surface area (Å²) in [5.74, 6) is 0. The molecule has 0 aromatic rings. The number of rotatable bonds is 13. The molecule has 0 fully saturated rings. The van der Waals surface area contributed by atoms with Crippen LogP contribution in [0, 0.1) is 0 Å². The highest BCUT2D eigenvalue weighted by atomic mass is 28.3. The van der Waals surface area contributed by atoms with E-state index in [4.69, 9.17) is 4.43 Å². The molecule has 9 heteroatoms. The molecule has 0 saturated heterocycles. The summed E-state index contributed by atoms with van der Waals surface area (Å²) in [4.78, 5) is 0. The van der Waals surface area contributed by atoms with Crippen molar-refractivity contribution in [1.29, 1.82) is 0 Å². The van der Waals surface area contributed by atoms with Gasteiger partial charge in [-0.1, -0.05) is 31.6 Å². The molecule has 0 aromatic heterocycles. The van der Waals surface area contributed by atoms with Gasteiger partial charge in [-0.15, -0.1) is 0 Å². The van der Waals surface area contributed by atoms with Gasteiger partial charge in [0.15, 0.2) is 9.76 Å². The van der Waals surface area contributed by atoms with Crippen LogP contribution < -0.4 is 0 Å². The highest BCUT2D eigenvalue weighted by Crippen LogP contribution is 2.29. The number of ether oxygens (including phenoxy) is 1. The molecular weight excluding hydrogens is 351 g/mol. The van der Waals surface area contributed by atoms with Crippen LogP contribution in [0.1, 0.15) is 32.6 Å². The summed E-state index contributed by atoms with van der Waals surface area (Å²) in [5, 5.41) is 0. The van der Waals surface area contributed by atoms with Crippen molar-refractivity contribution in [3.63, 3.8) is 0 Å². The summed E-state index contributed by atoms with van der Waals surface area (Å²) in [5.41, 5.74) is 0. The summed E-state index contributed by atoms with van der Waals surface area (Å²) < 4.78 is 72.0. The predicted molar refractivity (Wildman–Crippen MR) is 87.5 cm³/mol. The normalized spacial score (nSPS) is 14.1. The van der Waals surface area contributed by atoms with E-state index in [2.05, 4.69) is 17.8 Å². The first-order chi connectivity index (χ1) is 10.5. The fraction of sp³-hybridized carbons (Fsp3) is 1.00. The van der Waals surface area contributed by atoms with Crippen molar-refractivity contribution in [2.24, 2.45) is 0 Å². The molecule has 0 aliphatic carbocycles. The molecule has 0 aliphatic rings. The minimum absolute atomic E-state index is 0.293. The maximum Gasteiger partial charge on any atom is 0.391 e. The quantitative estimate of drug-likeness (QED) is 0.255. The van der Waals surface area contributed by atoms with Gasteiger partial charge in [0, 0.05) is 21.1 Å². The lowest BCUT2D eigenvalue weighted by molar-refractivity contribution is -0.254. The standard InChI is InChI=1S/C14H29F5O2Si2/c1-4-21-22-10-6-12-23(2,3)11-5-7-14(18,19)20-9-8-13(15,16)17/h4-12,22H2,1-3H3. The Morgan fingerprint density at radius 1 is 0.957 bits per heavy atom. The maximum absolute atomic E-state index is 13.4. The van der Waals surface area contributed by atoms with Crippen LogP contribution in [0.15, 0.2) is 0 Å². The Kier molecular flexibility index (Phi) is 10.8. The van der Waals surface area contributed by atoms with E-state index in [1.54, 1.807) is 0 Å². The molecule has 140 valence electrons. The number of alkyl halides is 5. The van der Waals surface area contributed by atoms with Crippen LogP contribution in [0.5, 0.6) is 0 Å². The van der Waals surface area contributed by atoms with Crippen LogP contribution >= 0.6 is 0 Å². The second-order valence-corrected chi connectivity index (χ2v) is 13.4. The van der Waals surface area contributed by atoms with Crippen molar-refractivity contribution >= 4 is 17.8 Å². The van der Waals surface area contributed by atoms with Crippen LogP contribution in [-0.4, -0.2) is 43.3 Å². The van der Waals surface area contributed by atoms with Crippen molar-refractivity contribution in [3.05, 3.63) is 0 Å². The molecule has 0 amide bonds. The molecule has 0 radical (unpaired) electrons. The van der Waals surface area contributed by atoms with E-state index in [1.165, 1.54) is 0 Å². The van der Waals surface area contributed by atoms with Gasteiger partial charge in [0.05, 0.1) is 13.0 Å². The Labute approximate surface area is 139 Å². The monoisotopic (exact) mass is 380 g/mol. The second kappa shape index (κ2) is 10.8. The smallest absolute Gasteiger partial charge is 0.391 e. The van der Waals surface area contributed by atoms with Gasteiger partial charge >= 0.3 is 12.3 Å². The van der Waals surface area contributed by atoms with Crippen LogP contribution in [0.25, 0.3) is 0 Å². The minimum Gasteiger partial charge on any atom is -0.424 e. The largest absolute Gasteiger partial charge is 0.424 e. The number of hydrogen-bond donors (Lipinski definition) is 0. The summed E-state index contributed by atoms with van der Waals surface area (Å²) in [6, 6.07) is 2.93. The summed E-state index contributed by atoms with van der Waals surface area (Å²) in [6.45, 7) is 6.08. The highest BCUT2D eigenvalue weighted by molar-refractivity contribution is 6.77. The molecule has 0 rings (SSSR count).